The molecule has 0 aromatic rings. The van der Waals surface area contributed by atoms with Gasteiger partial charge in [-0.3, -0.25) is 10.4 Å². The Morgan fingerprint density at radius 2 is 2.00 bits per heavy atom. The average molecular weight is 186 g/mol. The fraction of sp³-hybridized carbons (Fsp3) is 0.889. The molecule has 0 radical (unpaired) electrons. The summed E-state index contributed by atoms with van der Waals surface area (Å²) in [5.74, 6) is 5.95. The van der Waals surface area contributed by atoms with Crippen LogP contribution < -0.4 is 16.6 Å². The molecule has 0 aliphatic rings. The van der Waals surface area contributed by atoms with Crippen molar-refractivity contribution in [2.75, 3.05) is 13.1 Å². The highest BCUT2D eigenvalue weighted by atomic mass is 15.3. The Kier molecular flexibility index (Phi) is 8.77. The molecule has 13 heavy (non-hydrogen) atoms. The number of nitrogens with two attached hydrogens (primary N) is 1. The Morgan fingerprint density at radius 1 is 1.23 bits per heavy atom. The maximum Gasteiger partial charge on any atom is 0.205 e. The molecule has 0 saturated heterocycles. The molecule has 0 atom stereocenters. The van der Waals surface area contributed by atoms with E-state index in [0.717, 1.165) is 19.5 Å². The highest BCUT2D eigenvalue weighted by Gasteiger charge is 1.91. The minimum absolute atomic E-state index is 0.694. The molecule has 78 valence electrons. The lowest BCUT2D eigenvalue weighted by molar-refractivity contribution is 0.671. The van der Waals surface area contributed by atoms with E-state index in [1.54, 1.807) is 0 Å². The molecule has 0 fully saturated rings. The van der Waals surface area contributed by atoms with Crippen molar-refractivity contribution < 1.29 is 0 Å². The van der Waals surface area contributed by atoms with Crippen molar-refractivity contribution in [1.29, 1.82) is 0 Å². The molecule has 0 amide bonds. The summed E-state index contributed by atoms with van der Waals surface area (Å²) in [7, 11) is 0. The van der Waals surface area contributed by atoms with Gasteiger partial charge >= 0.3 is 0 Å². The van der Waals surface area contributed by atoms with E-state index in [1.165, 1.54) is 19.3 Å². The molecule has 0 aromatic carbocycles. The molecule has 4 heteroatoms. The Bertz CT molecular complexity index is 134. The Hall–Kier alpha value is -0.770. The normalized spacial score (nSPS) is 11.5. The fourth-order valence-electron chi connectivity index (χ4n) is 1.05. The minimum atomic E-state index is 0.694. The van der Waals surface area contributed by atoms with Gasteiger partial charge in [0.1, 0.15) is 0 Å². The third-order valence-electron chi connectivity index (χ3n) is 1.76. The van der Waals surface area contributed by atoms with Crippen LogP contribution in [0.15, 0.2) is 4.99 Å². The molecule has 4 N–H and O–H groups in total. The molecule has 0 rings (SSSR count). The second kappa shape index (κ2) is 9.32. The molecule has 0 bridgehead atoms. The molecule has 0 spiro atoms. The van der Waals surface area contributed by atoms with Crippen molar-refractivity contribution in [3.8, 4) is 0 Å². The summed E-state index contributed by atoms with van der Waals surface area (Å²) in [5, 5.41) is 3.04. The smallest absolute Gasteiger partial charge is 0.205 e. The lowest BCUT2D eigenvalue weighted by atomic mass is 10.2. The minimum Gasteiger partial charge on any atom is -0.356 e. The van der Waals surface area contributed by atoms with E-state index in [2.05, 4.69) is 22.7 Å². The van der Waals surface area contributed by atoms with Gasteiger partial charge in [0.2, 0.25) is 5.96 Å². The van der Waals surface area contributed by atoms with Gasteiger partial charge in [0.25, 0.3) is 0 Å². The van der Waals surface area contributed by atoms with Crippen molar-refractivity contribution in [3.05, 3.63) is 0 Å². The van der Waals surface area contributed by atoms with Crippen LogP contribution in [0.25, 0.3) is 0 Å². The number of hydrogen-bond donors (Lipinski definition) is 3. The van der Waals surface area contributed by atoms with E-state index in [9.17, 15) is 0 Å². The number of nitrogens with zero attached hydrogens (tertiary/aromatic N) is 1. The molecular weight excluding hydrogens is 164 g/mol. The predicted octanol–water partition coefficient (Wildman–Crippen LogP) is 0.996. The largest absolute Gasteiger partial charge is 0.356 e. The molecule has 0 aliphatic carbocycles. The van der Waals surface area contributed by atoms with Crippen molar-refractivity contribution in [1.82, 2.24) is 10.7 Å². The first kappa shape index (κ1) is 12.2. The third-order valence-corrected chi connectivity index (χ3v) is 1.76. The predicted molar refractivity (Wildman–Crippen MR) is 57.4 cm³/mol. The number of aliphatic imine (C=N–C) groups is 1. The number of unbranched alkanes of at least 4 members (excludes halogenated alkanes) is 3. The van der Waals surface area contributed by atoms with Crippen LogP contribution in [0.4, 0.5) is 0 Å². The van der Waals surface area contributed by atoms with Crippen LogP contribution in [0.2, 0.25) is 0 Å². The zero-order valence-corrected chi connectivity index (χ0v) is 8.77. The van der Waals surface area contributed by atoms with Crippen LogP contribution in [-0.2, 0) is 0 Å². The van der Waals surface area contributed by atoms with Gasteiger partial charge in [0.15, 0.2) is 0 Å². The molecule has 0 aliphatic heterocycles. The van der Waals surface area contributed by atoms with E-state index < -0.39 is 0 Å². The first-order chi connectivity index (χ1) is 6.35. The highest BCUT2D eigenvalue weighted by molar-refractivity contribution is 5.78. The second-order valence-corrected chi connectivity index (χ2v) is 2.97. The zero-order valence-electron chi connectivity index (χ0n) is 8.77. The van der Waals surface area contributed by atoms with Gasteiger partial charge in [0.05, 0.1) is 0 Å². The summed E-state index contributed by atoms with van der Waals surface area (Å²) in [5.41, 5.74) is 2.53. The van der Waals surface area contributed by atoms with Gasteiger partial charge < -0.3 is 5.32 Å². The quantitative estimate of drug-likeness (QED) is 0.191. The summed E-state index contributed by atoms with van der Waals surface area (Å²) in [6.07, 6.45) is 4.95. The van der Waals surface area contributed by atoms with E-state index in [-0.39, 0.29) is 0 Å². The number of hydrogen-bond acceptors (Lipinski definition) is 2. The fourth-order valence-corrected chi connectivity index (χ4v) is 1.05. The second-order valence-electron chi connectivity index (χ2n) is 2.97. The van der Waals surface area contributed by atoms with Crippen LogP contribution in [0.5, 0.6) is 0 Å². The molecular formula is C9H22N4. The number of guanidine groups is 1. The van der Waals surface area contributed by atoms with Gasteiger partial charge in [0, 0.05) is 13.1 Å². The topological polar surface area (TPSA) is 62.4 Å². The summed E-state index contributed by atoms with van der Waals surface area (Å²) in [4.78, 5) is 4.27. The first-order valence-electron chi connectivity index (χ1n) is 5.10. The lowest BCUT2D eigenvalue weighted by Crippen LogP contribution is -2.41. The van der Waals surface area contributed by atoms with Gasteiger partial charge in [-0.2, -0.15) is 0 Å². The maximum atomic E-state index is 5.26. The van der Waals surface area contributed by atoms with E-state index in [0.29, 0.717) is 5.96 Å². The molecule has 0 heterocycles. The first-order valence-corrected chi connectivity index (χ1v) is 5.10. The van der Waals surface area contributed by atoms with Gasteiger partial charge in [-0.25, -0.2) is 5.84 Å². The maximum absolute atomic E-state index is 5.26. The van der Waals surface area contributed by atoms with Crippen molar-refractivity contribution in [3.63, 3.8) is 0 Å². The number of rotatable bonds is 6. The van der Waals surface area contributed by atoms with Crippen LogP contribution in [0.1, 0.15) is 39.5 Å². The van der Waals surface area contributed by atoms with Crippen molar-refractivity contribution in [2.45, 2.75) is 39.5 Å². The molecule has 0 saturated carbocycles. The number of nitrogens with one attached hydrogen (secondary N) is 2. The van der Waals surface area contributed by atoms with Crippen LogP contribution in [0, 0.1) is 0 Å². The van der Waals surface area contributed by atoms with Crippen LogP contribution in [-0.4, -0.2) is 19.0 Å². The summed E-state index contributed by atoms with van der Waals surface area (Å²) < 4.78 is 0. The van der Waals surface area contributed by atoms with Crippen molar-refractivity contribution in [2.24, 2.45) is 10.8 Å². The Balaban J connectivity index is 3.42. The average Bonchev–Trinajstić information content (AvgIpc) is 2.16. The summed E-state index contributed by atoms with van der Waals surface area (Å²) in [6.45, 7) is 5.92. The van der Waals surface area contributed by atoms with Crippen LogP contribution in [0.3, 0.4) is 0 Å². The summed E-state index contributed by atoms with van der Waals surface area (Å²) >= 11 is 0. The van der Waals surface area contributed by atoms with E-state index in [1.807, 2.05) is 6.92 Å². The van der Waals surface area contributed by atoms with Crippen LogP contribution >= 0.6 is 0 Å². The molecule has 0 aromatic heterocycles. The number of hydrazine groups is 1. The SMILES string of the molecule is CCCCCCN=C(NN)NCC. The highest BCUT2D eigenvalue weighted by Crippen LogP contribution is 1.98. The third kappa shape index (κ3) is 7.59. The summed E-state index contributed by atoms with van der Waals surface area (Å²) in [6, 6.07) is 0. The Labute approximate surface area is 81.0 Å². The van der Waals surface area contributed by atoms with E-state index in [4.69, 9.17) is 5.84 Å². The molecule has 0 unspecified atom stereocenters. The molecule has 4 nitrogen and oxygen atoms in total. The lowest BCUT2D eigenvalue weighted by Gasteiger charge is -2.05. The Morgan fingerprint density at radius 3 is 2.54 bits per heavy atom. The van der Waals surface area contributed by atoms with Crippen molar-refractivity contribution >= 4 is 5.96 Å². The van der Waals surface area contributed by atoms with Gasteiger partial charge in [-0.15, -0.1) is 0 Å². The monoisotopic (exact) mass is 186 g/mol. The standard InChI is InChI=1S/C9H22N4/c1-3-5-6-7-8-12-9(13-10)11-4-2/h3-8,10H2,1-2H3,(H2,11,12,13). The van der Waals surface area contributed by atoms with E-state index >= 15 is 0 Å². The van der Waals surface area contributed by atoms with Gasteiger partial charge in [-0.05, 0) is 13.3 Å². The zero-order chi connectivity index (χ0) is 9.94. The van der Waals surface area contributed by atoms with Gasteiger partial charge in [-0.1, -0.05) is 26.2 Å².